The molecule has 49 heavy (non-hydrogen) atoms. The highest BCUT2D eigenvalue weighted by Crippen LogP contribution is 2.35. The van der Waals surface area contributed by atoms with Gasteiger partial charge in [0, 0.05) is 48.9 Å². The van der Waals surface area contributed by atoms with E-state index in [0.717, 1.165) is 23.9 Å². The summed E-state index contributed by atoms with van der Waals surface area (Å²) in [4.78, 5) is 39.0. The number of carboxylic acid groups (broad SMARTS) is 1. The highest BCUT2D eigenvalue weighted by Gasteiger charge is 2.32. The fourth-order valence-electron chi connectivity index (χ4n) is 5.73. The average molecular weight is 677 g/mol. The molecule has 1 saturated heterocycles. The molecule has 0 spiro atoms. The fraction of sp³-hybridized carbons (Fsp3) is 0.273. The maximum Gasteiger partial charge on any atom is 0.416 e. The molecular formula is C33H31F3N8O5. The van der Waals surface area contributed by atoms with Crippen molar-refractivity contribution < 1.29 is 37.3 Å². The van der Waals surface area contributed by atoms with E-state index in [2.05, 4.69) is 25.6 Å². The molecule has 5 aromatic rings. The largest absolute Gasteiger partial charge is 0.497 e. The number of anilines is 2. The van der Waals surface area contributed by atoms with Gasteiger partial charge in [0.1, 0.15) is 34.7 Å². The number of benzene rings is 2. The minimum atomic E-state index is -4.59. The van der Waals surface area contributed by atoms with Crippen molar-refractivity contribution in [1.82, 2.24) is 29.6 Å². The van der Waals surface area contributed by atoms with E-state index >= 15 is 0 Å². The first kappa shape index (κ1) is 33.0. The summed E-state index contributed by atoms with van der Waals surface area (Å²) >= 11 is 0. The number of methoxy groups -OCH3 is 2. The lowest BCUT2D eigenvalue weighted by atomic mass is 9.94. The van der Waals surface area contributed by atoms with Crippen molar-refractivity contribution in [1.29, 1.82) is 0 Å². The Morgan fingerprint density at radius 2 is 1.82 bits per heavy atom. The predicted molar refractivity (Wildman–Crippen MR) is 172 cm³/mol. The summed E-state index contributed by atoms with van der Waals surface area (Å²) in [6.45, 7) is 0.994. The Balaban J connectivity index is 1.35. The minimum absolute atomic E-state index is 0.172. The Bertz CT molecular complexity index is 2000. The number of likely N-dealkylation sites (tertiary alicyclic amines) is 1. The van der Waals surface area contributed by atoms with Gasteiger partial charge in [-0.05, 0) is 61.4 Å². The Hall–Kier alpha value is -5.93. The van der Waals surface area contributed by atoms with Crippen LogP contribution in [0.1, 0.15) is 45.9 Å². The van der Waals surface area contributed by atoms with E-state index in [9.17, 15) is 27.9 Å². The molecule has 3 N–H and O–H groups in total. The smallest absolute Gasteiger partial charge is 0.416 e. The van der Waals surface area contributed by atoms with Crippen LogP contribution in [0, 0.1) is 0 Å². The van der Waals surface area contributed by atoms with Crippen molar-refractivity contribution in [3.63, 3.8) is 0 Å². The van der Waals surface area contributed by atoms with Gasteiger partial charge in [0.2, 0.25) is 0 Å². The number of hydrogen-bond acceptors (Lipinski definition) is 9. The van der Waals surface area contributed by atoms with E-state index in [1.54, 1.807) is 37.1 Å². The zero-order chi connectivity index (χ0) is 34.7. The molecule has 1 fully saturated rings. The van der Waals surface area contributed by atoms with E-state index in [1.807, 2.05) is 12.1 Å². The standard InChI is InChI=1S/C33H31F3N8O5/c1-48-24-10-7-20(25(15-24)49-2)16-38-30-29-28(39-18-40-30)27(21-4-3-13-43(17-21)32(46)47)42-44(29)23-8-5-19(6-9-23)31(45)41-26-14-22(11-12-37-26)33(34,35)36/h5-12,14-15,18,21H,3-4,13,16-17H2,1-2H3,(H,46,47)(H,37,41,45)(H,38,39,40). The monoisotopic (exact) mass is 676 g/mol. The second kappa shape index (κ2) is 13.7. The van der Waals surface area contributed by atoms with Crippen LogP contribution in [0.3, 0.4) is 0 Å². The van der Waals surface area contributed by atoms with Crippen LogP contribution in [0.15, 0.2) is 67.1 Å². The molecule has 6 rings (SSSR count). The number of fused-ring (bicyclic) bond motifs is 1. The normalized spacial score (nSPS) is 14.8. The molecule has 4 heterocycles. The van der Waals surface area contributed by atoms with Crippen molar-refractivity contribution in [3.8, 4) is 17.2 Å². The topological polar surface area (TPSA) is 157 Å². The molecule has 13 nitrogen and oxygen atoms in total. The van der Waals surface area contributed by atoms with Gasteiger partial charge in [0.05, 0.1) is 31.2 Å². The number of nitrogens with zero attached hydrogens (tertiary/aromatic N) is 6. The number of carbonyl (C=O) groups excluding carboxylic acids is 1. The molecule has 3 aromatic heterocycles. The van der Waals surface area contributed by atoms with Crippen LogP contribution >= 0.6 is 0 Å². The van der Waals surface area contributed by atoms with E-state index in [4.69, 9.17) is 14.6 Å². The average Bonchev–Trinajstić information content (AvgIpc) is 3.51. The molecule has 0 aliphatic carbocycles. The highest BCUT2D eigenvalue weighted by molar-refractivity contribution is 6.04. The summed E-state index contributed by atoms with van der Waals surface area (Å²) in [5.41, 5.74) is 2.27. The second-order valence-corrected chi connectivity index (χ2v) is 11.2. The molecule has 1 unspecified atom stereocenters. The number of alkyl halides is 3. The summed E-state index contributed by atoms with van der Waals surface area (Å²) in [6, 6.07) is 13.3. The number of ether oxygens (including phenoxy) is 2. The van der Waals surface area contributed by atoms with Crippen molar-refractivity contribution in [3.05, 3.63) is 89.5 Å². The number of pyridine rings is 1. The molecular weight excluding hydrogens is 645 g/mol. The summed E-state index contributed by atoms with van der Waals surface area (Å²) < 4.78 is 51.9. The molecule has 1 aliphatic heterocycles. The van der Waals surface area contributed by atoms with Gasteiger partial charge in [-0.15, -0.1) is 0 Å². The van der Waals surface area contributed by atoms with Crippen LogP contribution in [0.4, 0.5) is 29.6 Å². The SMILES string of the molecule is COc1ccc(CNc2ncnc3c(C4CCCN(C(=O)O)C4)nn(-c4ccc(C(=O)Nc5cc(C(F)(F)F)ccn5)cc4)c23)c(OC)c1. The first-order chi connectivity index (χ1) is 23.5. The first-order valence-corrected chi connectivity index (χ1v) is 15.2. The molecule has 2 aromatic carbocycles. The highest BCUT2D eigenvalue weighted by atomic mass is 19.4. The number of hydrogen-bond donors (Lipinski definition) is 3. The third kappa shape index (κ3) is 7.02. The molecule has 0 bridgehead atoms. The molecule has 1 atom stereocenters. The molecule has 16 heteroatoms. The number of nitrogens with one attached hydrogen (secondary N) is 2. The molecule has 0 radical (unpaired) electrons. The Morgan fingerprint density at radius 1 is 1.02 bits per heavy atom. The molecule has 254 valence electrons. The van der Waals surface area contributed by atoms with Gasteiger partial charge in [-0.25, -0.2) is 24.4 Å². The number of rotatable bonds is 9. The van der Waals surface area contributed by atoms with Gasteiger partial charge in [-0.3, -0.25) is 4.79 Å². The third-order valence-electron chi connectivity index (χ3n) is 8.21. The lowest BCUT2D eigenvalue weighted by Crippen LogP contribution is -2.38. The van der Waals surface area contributed by atoms with Crippen LogP contribution in [-0.2, 0) is 12.7 Å². The zero-order valence-corrected chi connectivity index (χ0v) is 26.4. The van der Waals surface area contributed by atoms with Gasteiger partial charge in [0.15, 0.2) is 5.82 Å². The van der Waals surface area contributed by atoms with E-state index < -0.39 is 23.7 Å². The second-order valence-electron chi connectivity index (χ2n) is 11.2. The predicted octanol–water partition coefficient (Wildman–Crippen LogP) is 5.97. The van der Waals surface area contributed by atoms with E-state index in [0.29, 0.717) is 65.7 Å². The van der Waals surface area contributed by atoms with Crippen molar-refractivity contribution in [2.45, 2.75) is 31.5 Å². The summed E-state index contributed by atoms with van der Waals surface area (Å²) in [6.07, 6.45) is -1.84. The fourth-order valence-corrected chi connectivity index (χ4v) is 5.73. The number of halogens is 3. The van der Waals surface area contributed by atoms with E-state index in [1.165, 1.54) is 23.4 Å². The Kier molecular flexibility index (Phi) is 9.20. The lowest BCUT2D eigenvalue weighted by Gasteiger charge is -2.29. The number of piperidine rings is 1. The van der Waals surface area contributed by atoms with E-state index in [-0.39, 0.29) is 23.8 Å². The third-order valence-corrected chi connectivity index (χ3v) is 8.21. The molecule has 2 amide bonds. The summed E-state index contributed by atoms with van der Waals surface area (Å²) in [7, 11) is 3.13. The quantitative estimate of drug-likeness (QED) is 0.170. The van der Waals surface area contributed by atoms with Gasteiger partial charge in [0.25, 0.3) is 5.91 Å². The number of aromatic nitrogens is 5. The number of carbonyl (C=O) groups is 2. The lowest BCUT2D eigenvalue weighted by molar-refractivity contribution is -0.137. The summed E-state index contributed by atoms with van der Waals surface area (Å²) in [5, 5.41) is 20.3. The van der Waals surface area contributed by atoms with Gasteiger partial charge >= 0.3 is 12.3 Å². The van der Waals surface area contributed by atoms with Crippen molar-refractivity contribution >= 4 is 34.7 Å². The van der Waals surface area contributed by atoms with Crippen LogP contribution in [0.25, 0.3) is 16.7 Å². The summed E-state index contributed by atoms with van der Waals surface area (Å²) in [5.74, 6) is 0.568. The zero-order valence-electron chi connectivity index (χ0n) is 26.4. The minimum Gasteiger partial charge on any atom is -0.497 e. The first-order valence-electron chi connectivity index (χ1n) is 15.2. The Morgan fingerprint density at radius 3 is 2.53 bits per heavy atom. The van der Waals surface area contributed by atoms with Crippen LogP contribution in [-0.4, -0.2) is 74.0 Å². The van der Waals surface area contributed by atoms with Gasteiger partial charge in [-0.1, -0.05) is 0 Å². The van der Waals surface area contributed by atoms with Crippen LogP contribution in [0.2, 0.25) is 0 Å². The van der Waals surface area contributed by atoms with Crippen molar-refractivity contribution in [2.75, 3.05) is 37.9 Å². The maximum atomic E-state index is 13.1. The number of amides is 2. The molecule has 0 saturated carbocycles. The van der Waals surface area contributed by atoms with Gasteiger partial charge < -0.3 is 30.1 Å². The van der Waals surface area contributed by atoms with Crippen LogP contribution < -0.4 is 20.1 Å². The van der Waals surface area contributed by atoms with Crippen molar-refractivity contribution in [2.24, 2.45) is 0 Å². The molecule has 1 aliphatic rings. The van der Waals surface area contributed by atoms with Crippen LogP contribution in [0.5, 0.6) is 11.5 Å². The Labute approximate surface area is 277 Å². The maximum absolute atomic E-state index is 13.1. The van der Waals surface area contributed by atoms with Gasteiger partial charge in [-0.2, -0.15) is 18.3 Å².